The smallest absolute Gasteiger partial charge is 0.253 e. The van der Waals surface area contributed by atoms with Crippen LogP contribution >= 0.6 is 0 Å². The van der Waals surface area contributed by atoms with Gasteiger partial charge in [-0.1, -0.05) is 49.4 Å². The van der Waals surface area contributed by atoms with Crippen LogP contribution in [0.4, 0.5) is 8.78 Å². The summed E-state index contributed by atoms with van der Waals surface area (Å²) >= 11 is 0. The molecular formula is C28H29F2N3O2. The summed E-state index contributed by atoms with van der Waals surface area (Å²) in [6, 6.07) is 18.0. The Kier molecular flexibility index (Phi) is 7.90. The fourth-order valence-corrected chi connectivity index (χ4v) is 4.24. The lowest BCUT2D eigenvalue weighted by Gasteiger charge is -2.25. The number of carbonyl (C=O) groups is 1. The molecule has 0 spiro atoms. The van der Waals surface area contributed by atoms with Gasteiger partial charge in [-0.15, -0.1) is 0 Å². The highest BCUT2D eigenvalue weighted by Crippen LogP contribution is 2.19. The van der Waals surface area contributed by atoms with Gasteiger partial charge in [0, 0.05) is 36.3 Å². The molecule has 0 aliphatic heterocycles. The Morgan fingerprint density at radius 2 is 1.71 bits per heavy atom. The molecule has 3 aromatic carbocycles. The molecule has 0 aliphatic carbocycles. The molecule has 0 aliphatic rings. The first-order chi connectivity index (χ1) is 16.9. The molecule has 4 N–H and O–H groups in total. The van der Waals surface area contributed by atoms with Crippen LogP contribution in [-0.2, 0) is 19.4 Å². The zero-order valence-electron chi connectivity index (χ0n) is 19.5. The van der Waals surface area contributed by atoms with E-state index in [1.54, 1.807) is 6.20 Å². The number of aryl methyl sites for hydroxylation is 1. The number of aromatic nitrogens is 1. The number of aromatic amines is 1. The van der Waals surface area contributed by atoms with Crippen LogP contribution in [-0.4, -0.2) is 34.7 Å². The minimum Gasteiger partial charge on any atom is -0.390 e. The summed E-state index contributed by atoms with van der Waals surface area (Å²) in [5.41, 5.74) is 3.91. The van der Waals surface area contributed by atoms with Crippen molar-refractivity contribution in [3.05, 3.63) is 107 Å². The first kappa shape index (κ1) is 24.6. The minimum atomic E-state index is -0.996. The standard InChI is InChI=1S/C28H29F2N3O2/c1-2-18-6-5-7-19(10-18)15-31-17-27(34)26(13-20-11-21(29)14-22(30)12-20)33-28(35)24-16-32-25-9-4-3-8-23(24)25/h3-12,14,16,26-27,31-32,34H,2,13,15,17H2,1H3,(H,33,35)/t26-,27+/m0/s1. The first-order valence-corrected chi connectivity index (χ1v) is 11.7. The molecule has 5 nitrogen and oxygen atoms in total. The van der Waals surface area contributed by atoms with Gasteiger partial charge < -0.3 is 20.7 Å². The Bertz CT molecular complexity index is 1280. The van der Waals surface area contributed by atoms with E-state index in [9.17, 15) is 18.7 Å². The van der Waals surface area contributed by atoms with Crippen molar-refractivity contribution < 1.29 is 18.7 Å². The fraction of sp³-hybridized carbons (Fsp3) is 0.250. The molecule has 35 heavy (non-hydrogen) atoms. The van der Waals surface area contributed by atoms with E-state index >= 15 is 0 Å². The number of aliphatic hydroxyl groups is 1. The van der Waals surface area contributed by atoms with Gasteiger partial charge in [0.25, 0.3) is 5.91 Å². The third kappa shape index (κ3) is 6.32. The van der Waals surface area contributed by atoms with Gasteiger partial charge in [-0.3, -0.25) is 4.79 Å². The molecule has 4 aromatic rings. The highest BCUT2D eigenvalue weighted by Gasteiger charge is 2.24. The van der Waals surface area contributed by atoms with Crippen LogP contribution in [0.1, 0.15) is 34.0 Å². The molecule has 0 unspecified atom stereocenters. The van der Waals surface area contributed by atoms with Crippen LogP contribution in [0, 0.1) is 11.6 Å². The SMILES string of the molecule is CCc1cccc(CNC[C@@H](O)[C@H](Cc2cc(F)cc(F)c2)NC(=O)c2c[nH]c3ccccc23)c1. The van der Waals surface area contributed by atoms with E-state index in [0.717, 1.165) is 29.0 Å². The zero-order chi connectivity index (χ0) is 24.8. The molecule has 0 fully saturated rings. The zero-order valence-corrected chi connectivity index (χ0v) is 19.5. The number of rotatable bonds is 10. The van der Waals surface area contributed by atoms with E-state index in [0.29, 0.717) is 17.7 Å². The molecule has 0 saturated carbocycles. The van der Waals surface area contributed by atoms with E-state index in [1.807, 2.05) is 36.4 Å². The third-order valence-corrected chi connectivity index (χ3v) is 6.08. The van der Waals surface area contributed by atoms with Gasteiger partial charge in [0.2, 0.25) is 0 Å². The Morgan fingerprint density at radius 1 is 0.971 bits per heavy atom. The largest absolute Gasteiger partial charge is 0.390 e. The third-order valence-electron chi connectivity index (χ3n) is 6.08. The number of halogens is 2. The van der Waals surface area contributed by atoms with E-state index in [4.69, 9.17) is 0 Å². The highest BCUT2D eigenvalue weighted by molar-refractivity contribution is 6.06. The monoisotopic (exact) mass is 477 g/mol. The molecule has 182 valence electrons. The molecule has 0 radical (unpaired) electrons. The van der Waals surface area contributed by atoms with E-state index in [2.05, 4.69) is 34.7 Å². The molecule has 1 heterocycles. The molecular weight excluding hydrogens is 448 g/mol. The van der Waals surface area contributed by atoms with Crippen molar-refractivity contribution in [2.75, 3.05) is 6.54 Å². The van der Waals surface area contributed by atoms with Gasteiger partial charge in [-0.05, 0) is 47.7 Å². The highest BCUT2D eigenvalue weighted by atomic mass is 19.1. The van der Waals surface area contributed by atoms with Crippen LogP contribution < -0.4 is 10.6 Å². The van der Waals surface area contributed by atoms with E-state index < -0.39 is 23.8 Å². The van der Waals surface area contributed by atoms with Crippen molar-refractivity contribution in [3.8, 4) is 0 Å². The Balaban J connectivity index is 1.49. The Morgan fingerprint density at radius 3 is 2.49 bits per heavy atom. The van der Waals surface area contributed by atoms with Crippen molar-refractivity contribution in [2.24, 2.45) is 0 Å². The Hall–Kier alpha value is -3.55. The number of carbonyl (C=O) groups excluding carboxylic acids is 1. The lowest BCUT2D eigenvalue weighted by molar-refractivity contribution is 0.0831. The van der Waals surface area contributed by atoms with Gasteiger partial charge in [-0.2, -0.15) is 0 Å². The molecule has 4 rings (SSSR count). The Labute approximate surface area is 203 Å². The number of aliphatic hydroxyl groups excluding tert-OH is 1. The van der Waals surface area contributed by atoms with Crippen LogP contribution in [0.5, 0.6) is 0 Å². The summed E-state index contributed by atoms with van der Waals surface area (Å²) in [6.07, 6.45) is 1.62. The second-order valence-electron chi connectivity index (χ2n) is 8.68. The quantitative estimate of drug-likeness (QED) is 0.272. The average Bonchev–Trinajstić information content (AvgIpc) is 3.27. The maximum atomic E-state index is 13.8. The van der Waals surface area contributed by atoms with Gasteiger partial charge in [0.05, 0.1) is 17.7 Å². The van der Waals surface area contributed by atoms with Crippen molar-refractivity contribution in [1.29, 1.82) is 0 Å². The minimum absolute atomic E-state index is 0.0664. The fourth-order valence-electron chi connectivity index (χ4n) is 4.24. The molecule has 2 atom stereocenters. The number of benzene rings is 3. The second-order valence-corrected chi connectivity index (χ2v) is 8.68. The average molecular weight is 478 g/mol. The van der Waals surface area contributed by atoms with Crippen molar-refractivity contribution >= 4 is 16.8 Å². The lowest BCUT2D eigenvalue weighted by Crippen LogP contribution is -2.48. The predicted octanol–water partition coefficient (Wildman–Crippen LogP) is 4.50. The number of para-hydroxylation sites is 1. The number of amides is 1. The molecule has 1 aromatic heterocycles. The summed E-state index contributed by atoms with van der Waals surface area (Å²) in [7, 11) is 0. The number of hydrogen-bond acceptors (Lipinski definition) is 3. The van der Waals surface area contributed by atoms with Gasteiger partial charge >= 0.3 is 0 Å². The normalized spacial score (nSPS) is 13.0. The maximum Gasteiger partial charge on any atom is 0.253 e. The van der Waals surface area contributed by atoms with Crippen LogP contribution in [0.3, 0.4) is 0 Å². The summed E-state index contributed by atoms with van der Waals surface area (Å²) in [5.74, 6) is -1.78. The number of H-pyrrole nitrogens is 1. The van der Waals surface area contributed by atoms with Crippen LogP contribution in [0.15, 0.2) is 72.9 Å². The molecule has 0 bridgehead atoms. The van der Waals surface area contributed by atoms with Crippen LogP contribution in [0.2, 0.25) is 0 Å². The topological polar surface area (TPSA) is 77.2 Å². The molecule has 0 saturated heterocycles. The second kappa shape index (κ2) is 11.3. The first-order valence-electron chi connectivity index (χ1n) is 11.7. The number of hydrogen-bond donors (Lipinski definition) is 4. The summed E-state index contributed by atoms with van der Waals surface area (Å²) in [5, 5.41) is 17.8. The number of nitrogens with one attached hydrogen (secondary N) is 3. The van der Waals surface area contributed by atoms with Crippen molar-refractivity contribution in [3.63, 3.8) is 0 Å². The van der Waals surface area contributed by atoms with Crippen molar-refractivity contribution in [2.45, 2.75) is 38.5 Å². The molecule has 7 heteroatoms. The maximum absolute atomic E-state index is 13.8. The lowest BCUT2D eigenvalue weighted by atomic mass is 10.00. The molecule has 1 amide bonds. The van der Waals surface area contributed by atoms with E-state index in [1.165, 1.54) is 17.7 Å². The summed E-state index contributed by atoms with van der Waals surface area (Å²) < 4.78 is 27.6. The van der Waals surface area contributed by atoms with Gasteiger partial charge in [0.1, 0.15) is 11.6 Å². The van der Waals surface area contributed by atoms with Gasteiger partial charge in [-0.25, -0.2) is 8.78 Å². The number of fused-ring (bicyclic) bond motifs is 1. The van der Waals surface area contributed by atoms with Crippen molar-refractivity contribution in [1.82, 2.24) is 15.6 Å². The van der Waals surface area contributed by atoms with Gasteiger partial charge in [0.15, 0.2) is 0 Å². The van der Waals surface area contributed by atoms with Crippen LogP contribution in [0.25, 0.3) is 10.9 Å². The summed E-state index contributed by atoms with van der Waals surface area (Å²) in [4.78, 5) is 16.2. The van der Waals surface area contributed by atoms with E-state index in [-0.39, 0.29) is 18.9 Å². The predicted molar refractivity (Wildman–Crippen MR) is 133 cm³/mol. The summed E-state index contributed by atoms with van der Waals surface area (Å²) in [6.45, 7) is 2.82.